The number of hydrogen-bond donors (Lipinski definition) is 2. The highest BCUT2D eigenvalue weighted by Gasteiger charge is 2.46. The Morgan fingerprint density at radius 1 is 1.19 bits per heavy atom. The molecule has 152 valence electrons. The molecule has 1 aliphatic carbocycles. The molecule has 3 rings (SSSR count). The lowest BCUT2D eigenvalue weighted by Crippen LogP contribution is -2.53. The number of rotatable bonds is 7. The molecule has 1 aromatic carbocycles. The molecule has 1 saturated carbocycles. The Balaban J connectivity index is 0.00000261. The minimum absolute atomic E-state index is 0. The Morgan fingerprint density at radius 2 is 1.89 bits per heavy atom. The number of nitrogens with one attached hydrogen (secondary N) is 2. The number of ether oxygens (including phenoxy) is 2. The molecular weight excluding hydrogens is 364 g/mol. The highest BCUT2D eigenvalue weighted by Crippen LogP contribution is 2.45. The van der Waals surface area contributed by atoms with Crippen molar-refractivity contribution >= 4 is 18.3 Å². The van der Waals surface area contributed by atoms with E-state index in [4.69, 9.17) is 9.47 Å². The van der Waals surface area contributed by atoms with E-state index in [0.717, 1.165) is 62.1 Å². The van der Waals surface area contributed by atoms with Crippen LogP contribution in [-0.2, 0) is 14.9 Å². The SMILES string of the molecule is COCC1(CNC(=O)C2(c3ccc(C)c(OC)c3)CCC2)CCNCC1.Cl. The van der Waals surface area contributed by atoms with E-state index < -0.39 is 5.41 Å². The number of aryl methyl sites for hydroxylation is 1. The van der Waals surface area contributed by atoms with Gasteiger partial charge in [0.25, 0.3) is 0 Å². The van der Waals surface area contributed by atoms with Crippen LogP contribution in [0.5, 0.6) is 5.75 Å². The summed E-state index contributed by atoms with van der Waals surface area (Å²) in [6.07, 6.45) is 4.98. The van der Waals surface area contributed by atoms with Crippen molar-refractivity contribution in [3.8, 4) is 5.75 Å². The van der Waals surface area contributed by atoms with Crippen molar-refractivity contribution in [2.75, 3.05) is 40.5 Å². The Labute approximate surface area is 169 Å². The van der Waals surface area contributed by atoms with Gasteiger partial charge in [0.2, 0.25) is 5.91 Å². The summed E-state index contributed by atoms with van der Waals surface area (Å²) in [6.45, 7) is 5.38. The minimum Gasteiger partial charge on any atom is -0.496 e. The fourth-order valence-electron chi connectivity index (χ4n) is 4.37. The Hall–Kier alpha value is -1.30. The monoisotopic (exact) mass is 396 g/mol. The number of piperidine rings is 1. The highest BCUT2D eigenvalue weighted by atomic mass is 35.5. The summed E-state index contributed by atoms with van der Waals surface area (Å²) in [5, 5.41) is 6.68. The largest absolute Gasteiger partial charge is 0.496 e. The molecule has 0 aromatic heterocycles. The van der Waals surface area contributed by atoms with Crippen molar-refractivity contribution in [3.63, 3.8) is 0 Å². The third kappa shape index (κ3) is 4.41. The predicted octanol–water partition coefficient (Wildman–Crippen LogP) is 2.98. The van der Waals surface area contributed by atoms with Crippen molar-refractivity contribution in [2.24, 2.45) is 5.41 Å². The lowest BCUT2D eigenvalue weighted by atomic mass is 9.63. The van der Waals surface area contributed by atoms with Gasteiger partial charge in [-0.2, -0.15) is 0 Å². The molecule has 1 aliphatic heterocycles. The first-order valence-corrected chi connectivity index (χ1v) is 9.68. The van der Waals surface area contributed by atoms with Crippen LogP contribution in [0, 0.1) is 12.3 Å². The van der Waals surface area contributed by atoms with E-state index in [9.17, 15) is 4.79 Å². The van der Waals surface area contributed by atoms with Crippen LogP contribution in [0.4, 0.5) is 0 Å². The first-order valence-electron chi connectivity index (χ1n) is 9.68. The summed E-state index contributed by atoms with van der Waals surface area (Å²) < 4.78 is 11.0. The van der Waals surface area contributed by atoms with Gasteiger partial charge >= 0.3 is 0 Å². The summed E-state index contributed by atoms with van der Waals surface area (Å²) in [5.41, 5.74) is 1.82. The van der Waals surface area contributed by atoms with E-state index in [1.165, 1.54) is 0 Å². The van der Waals surface area contributed by atoms with Crippen LogP contribution in [0.25, 0.3) is 0 Å². The van der Waals surface area contributed by atoms with Crippen molar-refractivity contribution in [2.45, 2.75) is 44.4 Å². The van der Waals surface area contributed by atoms with Crippen LogP contribution in [0.3, 0.4) is 0 Å². The smallest absolute Gasteiger partial charge is 0.230 e. The molecule has 5 nitrogen and oxygen atoms in total. The quantitative estimate of drug-likeness (QED) is 0.743. The lowest BCUT2D eigenvalue weighted by Gasteiger charge is -2.43. The molecule has 1 amide bonds. The van der Waals surface area contributed by atoms with Crippen LogP contribution in [0.2, 0.25) is 0 Å². The maximum Gasteiger partial charge on any atom is 0.230 e. The number of halogens is 1. The molecular formula is C21H33ClN2O3. The molecule has 6 heteroatoms. The van der Waals surface area contributed by atoms with E-state index in [1.54, 1.807) is 14.2 Å². The van der Waals surface area contributed by atoms with Gasteiger partial charge in [0.15, 0.2) is 0 Å². The van der Waals surface area contributed by atoms with Gasteiger partial charge in [0.1, 0.15) is 5.75 Å². The Kier molecular flexibility index (Phi) is 7.55. The fraction of sp³-hybridized carbons (Fsp3) is 0.667. The second-order valence-electron chi connectivity index (χ2n) is 7.99. The van der Waals surface area contributed by atoms with Gasteiger partial charge in [-0.05, 0) is 62.9 Å². The van der Waals surface area contributed by atoms with Crippen molar-refractivity contribution < 1.29 is 14.3 Å². The number of carbonyl (C=O) groups is 1. The summed E-state index contributed by atoms with van der Waals surface area (Å²) in [6, 6.07) is 6.19. The zero-order valence-corrected chi connectivity index (χ0v) is 17.5. The van der Waals surface area contributed by atoms with Crippen LogP contribution >= 0.6 is 12.4 Å². The van der Waals surface area contributed by atoms with Crippen molar-refractivity contribution in [1.82, 2.24) is 10.6 Å². The van der Waals surface area contributed by atoms with Gasteiger partial charge in [-0.1, -0.05) is 18.6 Å². The van der Waals surface area contributed by atoms with Crippen LogP contribution in [0.15, 0.2) is 18.2 Å². The molecule has 1 saturated heterocycles. The summed E-state index contributed by atoms with van der Waals surface area (Å²) >= 11 is 0. The van der Waals surface area contributed by atoms with E-state index in [0.29, 0.717) is 13.2 Å². The highest BCUT2D eigenvalue weighted by molar-refractivity contribution is 5.89. The van der Waals surface area contributed by atoms with Gasteiger partial charge in [-0.3, -0.25) is 4.79 Å². The van der Waals surface area contributed by atoms with Crippen LogP contribution < -0.4 is 15.4 Å². The Morgan fingerprint density at radius 3 is 2.44 bits per heavy atom. The second kappa shape index (κ2) is 9.26. The minimum atomic E-state index is -0.401. The van der Waals surface area contributed by atoms with E-state index in [2.05, 4.69) is 22.8 Å². The third-order valence-electron chi connectivity index (χ3n) is 6.34. The molecule has 0 bridgehead atoms. The van der Waals surface area contributed by atoms with Gasteiger partial charge in [0, 0.05) is 19.1 Å². The zero-order chi connectivity index (χ0) is 18.6. The van der Waals surface area contributed by atoms with Crippen molar-refractivity contribution in [1.29, 1.82) is 0 Å². The average molecular weight is 397 g/mol. The first-order chi connectivity index (χ1) is 12.6. The van der Waals surface area contributed by atoms with E-state index in [-0.39, 0.29) is 23.7 Å². The number of methoxy groups -OCH3 is 2. The van der Waals surface area contributed by atoms with E-state index >= 15 is 0 Å². The standard InChI is InChI=1S/C21H32N2O3.ClH/c1-16-5-6-17(13-18(16)26-3)21(7-4-8-21)19(24)23-14-20(15-25-2)9-11-22-12-10-20;/h5-6,13,22H,4,7-12,14-15H2,1-3H3,(H,23,24);1H. The number of amides is 1. The molecule has 0 unspecified atom stereocenters. The van der Waals surface area contributed by atoms with Gasteiger partial charge < -0.3 is 20.1 Å². The molecule has 0 radical (unpaired) electrons. The molecule has 0 atom stereocenters. The Bertz CT molecular complexity index is 635. The molecule has 1 aromatic rings. The molecule has 2 aliphatic rings. The second-order valence-corrected chi connectivity index (χ2v) is 7.99. The summed E-state index contributed by atoms with van der Waals surface area (Å²) in [5.74, 6) is 1.01. The summed E-state index contributed by atoms with van der Waals surface area (Å²) in [7, 11) is 3.43. The number of benzene rings is 1. The molecule has 27 heavy (non-hydrogen) atoms. The molecule has 1 heterocycles. The first kappa shape index (κ1) is 22.0. The third-order valence-corrected chi connectivity index (χ3v) is 6.34. The zero-order valence-electron chi connectivity index (χ0n) is 16.7. The molecule has 0 spiro atoms. The lowest BCUT2D eigenvalue weighted by molar-refractivity contribution is -0.130. The number of hydrogen-bond acceptors (Lipinski definition) is 4. The fourth-order valence-corrected chi connectivity index (χ4v) is 4.37. The maximum atomic E-state index is 13.2. The normalized spacial score (nSPS) is 20.1. The average Bonchev–Trinajstić information content (AvgIpc) is 2.61. The van der Waals surface area contributed by atoms with Gasteiger partial charge in [0.05, 0.1) is 19.1 Å². The van der Waals surface area contributed by atoms with E-state index in [1.807, 2.05) is 13.0 Å². The molecule has 2 N–H and O–H groups in total. The molecule has 2 fully saturated rings. The summed E-state index contributed by atoms with van der Waals surface area (Å²) in [4.78, 5) is 13.2. The topological polar surface area (TPSA) is 59.6 Å². The van der Waals surface area contributed by atoms with Gasteiger partial charge in [-0.15, -0.1) is 12.4 Å². The van der Waals surface area contributed by atoms with Crippen LogP contribution in [-0.4, -0.2) is 46.4 Å². The maximum absolute atomic E-state index is 13.2. The predicted molar refractivity (Wildman–Crippen MR) is 110 cm³/mol. The van der Waals surface area contributed by atoms with Crippen LogP contribution in [0.1, 0.15) is 43.2 Å². The van der Waals surface area contributed by atoms with Gasteiger partial charge in [-0.25, -0.2) is 0 Å². The van der Waals surface area contributed by atoms with Crippen molar-refractivity contribution in [3.05, 3.63) is 29.3 Å². The number of carbonyl (C=O) groups excluding carboxylic acids is 1.